The van der Waals surface area contributed by atoms with Crippen molar-refractivity contribution in [2.45, 2.75) is 25.3 Å². The van der Waals surface area contributed by atoms with Crippen molar-refractivity contribution in [1.82, 2.24) is 14.5 Å². The summed E-state index contributed by atoms with van der Waals surface area (Å²) in [4.78, 5) is 12.8. The van der Waals surface area contributed by atoms with Crippen LogP contribution >= 0.6 is 0 Å². The van der Waals surface area contributed by atoms with Gasteiger partial charge in [0.2, 0.25) is 10.0 Å². The monoisotopic (exact) mass is 398 g/mol. The van der Waals surface area contributed by atoms with Gasteiger partial charge in [0.15, 0.2) is 0 Å². The van der Waals surface area contributed by atoms with Crippen molar-refractivity contribution >= 4 is 21.6 Å². The number of nitrogens with one attached hydrogen (secondary N) is 2. The third-order valence-electron chi connectivity index (χ3n) is 4.19. The standard InChI is InChI=1S/C20H22N4O3S/c1-3-22-28(26,27)18-9-8-15(2)19(13-18)20(25)23-17-7-4-6-16(12-17)14-24-11-5-10-21-24/h4-13,22H,3,14H2,1-2H3,(H,23,25). The number of sulfonamides is 1. The highest BCUT2D eigenvalue weighted by molar-refractivity contribution is 7.89. The first-order valence-corrected chi connectivity index (χ1v) is 10.4. The molecule has 0 saturated carbocycles. The summed E-state index contributed by atoms with van der Waals surface area (Å²) in [5.74, 6) is -0.359. The van der Waals surface area contributed by atoms with E-state index in [2.05, 4.69) is 15.1 Å². The third kappa shape index (κ3) is 4.65. The Bertz CT molecular complexity index is 1080. The lowest BCUT2D eigenvalue weighted by Gasteiger charge is -2.11. The van der Waals surface area contributed by atoms with Crippen LogP contribution in [0, 0.1) is 6.92 Å². The molecule has 28 heavy (non-hydrogen) atoms. The molecule has 7 nitrogen and oxygen atoms in total. The summed E-state index contributed by atoms with van der Waals surface area (Å²) >= 11 is 0. The number of rotatable bonds is 7. The van der Waals surface area contributed by atoms with Gasteiger partial charge in [-0.15, -0.1) is 0 Å². The Kier molecular flexibility index (Phi) is 5.91. The molecule has 1 aromatic heterocycles. The highest BCUT2D eigenvalue weighted by Crippen LogP contribution is 2.18. The second-order valence-electron chi connectivity index (χ2n) is 6.34. The largest absolute Gasteiger partial charge is 0.322 e. The topological polar surface area (TPSA) is 93.1 Å². The lowest BCUT2D eigenvalue weighted by Crippen LogP contribution is -2.24. The van der Waals surface area contributed by atoms with Crippen LogP contribution < -0.4 is 10.0 Å². The van der Waals surface area contributed by atoms with Crippen molar-refractivity contribution in [3.05, 3.63) is 77.6 Å². The van der Waals surface area contributed by atoms with Crippen LogP contribution in [-0.4, -0.2) is 30.7 Å². The third-order valence-corrected chi connectivity index (χ3v) is 5.73. The molecule has 0 spiro atoms. The summed E-state index contributed by atoms with van der Waals surface area (Å²) in [6, 6.07) is 13.8. The molecule has 3 aromatic rings. The average Bonchev–Trinajstić information content (AvgIpc) is 3.15. The van der Waals surface area contributed by atoms with Gasteiger partial charge < -0.3 is 5.32 Å². The molecule has 0 aliphatic rings. The first kappa shape index (κ1) is 19.8. The minimum atomic E-state index is -3.63. The van der Waals surface area contributed by atoms with E-state index in [1.807, 2.05) is 30.5 Å². The minimum Gasteiger partial charge on any atom is -0.322 e. The number of amides is 1. The minimum absolute atomic E-state index is 0.0672. The van der Waals surface area contributed by atoms with E-state index in [1.165, 1.54) is 12.1 Å². The summed E-state index contributed by atoms with van der Waals surface area (Å²) in [6.45, 7) is 4.34. The van der Waals surface area contributed by atoms with Crippen molar-refractivity contribution in [2.75, 3.05) is 11.9 Å². The van der Waals surface area contributed by atoms with Crippen molar-refractivity contribution in [2.24, 2.45) is 0 Å². The van der Waals surface area contributed by atoms with E-state index in [1.54, 1.807) is 36.9 Å². The van der Waals surface area contributed by atoms with Crippen LogP contribution in [0.4, 0.5) is 5.69 Å². The van der Waals surface area contributed by atoms with Gasteiger partial charge in [0.1, 0.15) is 0 Å². The van der Waals surface area contributed by atoms with Gasteiger partial charge in [-0.1, -0.05) is 25.1 Å². The Morgan fingerprint density at radius 1 is 1.14 bits per heavy atom. The van der Waals surface area contributed by atoms with E-state index in [9.17, 15) is 13.2 Å². The Hall–Kier alpha value is -2.97. The van der Waals surface area contributed by atoms with E-state index in [0.29, 0.717) is 23.4 Å². The molecular weight excluding hydrogens is 376 g/mol. The average molecular weight is 398 g/mol. The Balaban J connectivity index is 1.81. The molecule has 2 aromatic carbocycles. The van der Waals surface area contributed by atoms with Crippen molar-refractivity contribution in [1.29, 1.82) is 0 Å². The highest BCUT2D eigenvalue weighted by atomic mass is 32.2. The molecule has 146 valence electrons. The second-order valence-corrected chi connectivity index (χ2v) is 8.10. The summed E-state index contributed by atoms with van der Waals surface area (Å²) in [7, 11) is -3.63. The first-order chi connectivity index (χ1) is 13.4. The molecule has 1 amide bonds. The molecule has 0 atom stereocenters. The predicted molar refractivity (Wildman–Crippen MR) is 108 cm³/mol. The van der Waals surface area contributed by atoms with Gasteiger partial charge in [0, 0.05) is 30.2 Å². The molecule has 3 rings (SSSR count). The van der Waals surface area contributed by atoms with Crippen LogP contribution in [0.2, 0.25) is 0 Å². The summed E-state index contributed by atoms with van der Waals surface area (Å²) in [5, 5.41) is 7.02. The van der Waals surface area contributed by atoms with E-state index >= 15 is 0 Å². The molecule has 0 saturated heterocycles. The van der Waals surface area contributed by atoms with Gasteiger partial charge >= 0.3 is 0 Å². The molecule has 2 N–H and O–H groups in total. The van der Waals surface area contributed by atoms with Gasteiger partial charge in [-0.2, -0.15) is 5.10 Å². The van der Waals surface area contributed by atoms with Crippen LogP contribution in [0.3, 0.4) is 0 Å². The number of carbonyl (C=O) groups excluding carboxylic acids is 1. The number of aryl methyl sites for hydroxylation is 1. The zero-order chi connectivity index (χ0) is 20.1. The number of hydrogen-bond donors (Lipinski definition) is 2. The quantitative estimate of drug-likeness (QED) is 0.640. The molecule has 8 heteroatoms. The normalized spacial score (nSPS) is 11.4. The Morgan fingerprint density at radius 3 is 2.68 bits per heavy atom. The molecular formula is C20H22N4O3S. The molecule has 0 bridgehead atoms. The molecule has 1 heterocycles. The van der Waals surface area contributed by atoms with Gasteiger partial charge in [-0.3, -0.25) is 9.48 Å². The van der Waals surface area contributed by atoms with E-state index in [0.717, 1.165) is 5.56 Å². The van der Waals surface area contributed by atoms with Crippen LogP contribution in [0.1, 0.15) is 28.4 Å². The molecule has 0 aliphatic carbocycles. The zero-order valence-corrected chi connectivity index (χ0v) is 16.5. The number of nitrogens with zero attached hydrogens (tertiary/aromatic N) is 2. The number of hydrogen-bond acceptors (Lipinski definition) is 4. The van der Waals surface area contributed by atoms with Crippen LogP contribution in [-0.2, 0) is 16.6 Å². The van der Waals surface area contributed by atoms with E-state index in [-0.39, 0.29) is 17.3 Å². The smallest absolute Gasteiger partial charge is 0.255 e. The molecule has 0 radical (unpaired) electrons. The predicted octanol–water partition coefficient (Wildman–Crippen LogP) is 2.79. The first-order valence-electron chi connectivity index (χ1n) is 8.87. The van der Waals surface area contributed by atoms with Crippen molar-refractivity contribution in [3.8, 4) is 0 Å². The van der Waals surface area contributed by atoms with Crippen LogP contribution in [0.15, 0.2) is 65.8 Å². The second kappa shape index (κ2) is 8.37. The molecule has 0 fully saturated rings. The fraction of sp³-hybridized carbons (Fsp3) is 0.200. The van der Waals surface area contributed by atoms with E-state index < -0.39 is 10.0 Å². The van der Waals surface area contributed by atoms with E-state index in [4.69, 9.17) is 0 Å². The maximum Gasteiger partial charge on any atom is 0.255 e. The zero-order valence-electron chi connectivity index (χ0n) is 15.7. The summed E-state index contributed by atoms with van der Waals surface area (Å²) in [6.07, 6.45) is 3.58. The maximum atomic E-state index is 12.8. The number of anilines is 1. The van der Waals surface area contributed by atoms with Crippen molar-refractivity contribution < 1.29 is 13.2 Å². The maximum absolute atomic E-state index is 12.8. The number of carbonyl (C=O) groups is 1. The van der Waals surface area contributed by atoms with Gasteiger partial charge in [0.05, 0.1) is 11.4 Å². The Morgan fingerprint density at radius 2 is 1.96 bits per heavy atom. The van der Waals surface area contributed by atoms with Crippen LogP contribution in [0.25, 0.3) is 0 Å². The van der Waals surface area contributed by atoms with Gasteiger partial charge in [-0.05, 0) is 48.4 Å². The number of benzene rings is 2. The lowest BCUT2D eigenvalue weighted by molar-refractivity contribution is 0.102. The van der Waals surface area contributed by atoms with Crippen LogP contribution in [0.5, 0.6) is 0 Å². The fourth-order valence-electron chi connectivity index (χ4n) is 2.81. The highest BCUT2D eigenvalue weighted by Gasteiger charge is 2.17. The lowest BCUT2D eigenvalue weighted by atomic mass is 10.1. The molecule has 0 unspecified atom stereocenters. The fourth-order valence-corrected chi connectivity index (χ4v) is 3.88. The molecule has 0 aliphatic heterocycles. The SMILES string of the molecule is CCNS(=O)(=O)c1ccc(C)c(C(=O)Nc2cccc(Cn3cccn3)c2)c1. The van der Waals surface area contributed by atoms with Crippen molar-refractivity contribution in [3.63, 3.8) is 0 Å². The van der Waals surface area contributed by atoms with Gasteiger partial charge in [-0.25, -0.2) is 13.1 Å². The Labute approximate surface area is 164 Å². The summed E-state index contributed by atoms with van der Waals surface area (Å²) < 4.78 is 28.7. The summed E-state index contributed by atoms with van der Waals surface area (Å²) in [5.41, 5.74) is 2.63. The number of aromatic nitrogens is 2. The van der Waals surface area contributed by atoms with Gasteiger partial charge in [0.25, 0.3) is 5.91 Å².